The van der Waals surface area contributed by atoms with Crippen LogP contribution in [0, 0.1) is 0 Å². The molecule has 0 aromatic heterocycles. The highest BCUT2D eigenvalue weighted by Crippen LogP contribution is 1.98. The number of carbonyl (C=O) groups excluding carboxylic acids is 2. The predicted octanol–water partition coefficient (Wildman–Crippen LogP) is -1.87. The number of hydrogen-bond donors (Lipinski definition) is 4. The third kappa shape index (κ3) is 3.86. The topological polar surface area (TPSA) is 113 Å². The lowest BCUT2D eigenvalue weighted by atomic mass is 10.4. The van der Waals surface area contributed by atoms with E-state index in [1.54, 1.807) is 0 Å². The molecule has 0 aliphatic heterocycles. The van der Waals surface area contributed by atoms with Crippen molar-refractivity contribution in [1.82, 2.24) is 15.5 Å². The minimum atomic E-state index is -0.401. The average molecular weight is 215 g/mol. The van der Waals surface area contributed by atoms with Crippen LogP contribution in [-0.4, -0.2) is 44.4 Å². The number of aldehydes is 1. The summed E-state index contributed by atoms with van der Waals surface area (Å²) in [5, 5.41) is 5.10. The van der Waals surface area contributed by atoms with Crippen molar-refractivity contribution >= 4 is 12.3 Å². The van der Waals surface area contributed by atoms with E-state index in [1.807, 2.05) is 0 Å². The monoisotopic (exact) mass is 215 g/mol. The van der Waals surface area contributed by atoms with Crippen LogP contribution in [0.3, 0.4) is 0 Å². The van der Waals surface area contributed by atoms with Crippen molar-refractivity contribution in [2.75, 3.05) is 27.2 Å². The van der Waals surface area contributed by atoms with Gasteiger partial charge in [-0.3, -0.25) is 9.69 Å². The fraction of sp³-hybridized carbons (Fsp3) is 0.500. The van der Waals surface area contributed by atoms with E-state index in [9.17, 15) is 9.59 Å². The smallest absolute Gasteiger partial charge is 0.322 e. The summed E-state index contributed by atoms with van der Waals surface area (Å²) in [6.45, 7) is 0.782. The van der Waals surface area contributed by atoms with Crippen LogP contribution >= 0.6 is 0 Å². The van der Waals surface area contributed by atoms with Crippen LogP contribution in [0.25, 0.3) is 0 Å². The molecule has 0 rings (SSSR count). The Kier molecular flexibility index (Phi) is 5.88. The van der Waals surface area contributed by atoms with E-state index in [-0.39, 0.29) is 11.5 Å². The molecule has 0 unspecified atom stereocenters. The maximum absolute atomic E-state index is 11.2. The minimum absolute atomic E-state index is 0.0535. The van der Waals surface area contributed by atoms with E-state index < -0.39 is 6.03 Å². The predicted molar refractivity (Wildman–Crippen MR) is 56.6 cm³/mol. The summed E-state index contributed by atoms with van der Waals surface area (Å²) in [5.41, 5.74) is 11.0. The van der Waals surface area contributed by atoms with Crippen LogP contribution in [0.1, 0.15) is 0 Å². The molecule has 0 spiro atoms. The Morgan fingerprint density at radius 1 is 1.53 bits per heavy atom. The first-order valence-electron chi connectivity index (χ1n) is 4.42. The molecule has 6 N–H and O–H groups in total. The van der Waals surface area contributed by atoms with Gasteiger partial charge in [0.25, 0.3) is 0 Å². The summed E-state index contributed by atoms with van der Waals surface area (Å²) in [5.74, 6) is 0.0535. The molecule has 0 bridgehead atoms. The molecule has 7 heteroatoms. The molecule has 2 amide bonds. The van der Waals surface area contributed by atoms with Gasteiger partial charge in [0, 0.05) is 27.2 Å². The Labute approximate surface area is 88.5 Å². The number of urea groups is 1. The van der Waals surface area contributed by atoms with Gasteiger partial charge < -0.3 is 22.1 Å². The van der Waals surface area contributed by atoms with Crippen LogP contribution in [0.5, 0.6) is 0 Å². The molecule has 0 aromatic rings. The van der Waals surface area contributed by atoms with Gasteiger partial charge in [-0.2, -0.15) is 0 Å². The summed E-state index contributed by atoms with van der Waals surface area (Å²) in [4.78, 5) is 23.0. The second kappa shape index (κ2) is 6.66. The lowest BCUT2D eigenvalue weighted by molar-refractivity contribution is -0.105. The van der Waals surface area contributed by atoms with Crippen LogP contribution in [0.15, 0.2) is 11.5 Å². The summed E-state index contributed by atoms with van der Waals surface area (Å²) >= 11 is 0. The van der Waals surface area contributed by atoms with Gasteiger partial charge in [-0.15, -0.1) is 0 Å². The number of nitrogens with zero attached hydrogens (tertiary/aromatic N) is 1. The number of hydrogen-bond acceptors (Lipinski definition) is 5. The first-order valence-corrected chi connectivity index (χ1v) is 4.42. The molecule has 0 aliphatic carbocycles. The molecule has 0 aromatic carbocycles. The van der Waals surface area contributed by atoms with Gasteiger partial charge in [-0.05, 0) is 0 Å². The highest BCUT2D eigenvalue weighted by Gasteiger charge is 2.12. The zero-order valence-electron chi connectivity index (χ0n) is 8.91. The Morgan fingerprint density at radius 2 is 2.13 bits per heavy atom. The summed E-state index contributed by atoms with van der Waals surface area (Å²) < 4.78 is 0. The quantitative estimate of drug-likeness (QED) is 0.317. The second-order valence-corrected chi connectivity index (χ2v) is 2.75. The number of allylic oxidation sites excluding steroid dienone is 1. The van der Waals surface area contributed by atoms with Gasteiger partial charge in [0.05, 0.1) is 0 Å². The van der Waals surface area contributed by atoms with E-state index in [4.69, 9.17) is 11.5 Å². The van der Waals surface area contributed by atoms with Gasteiger partial charge >= 0.3 is 6.03 Å². The van der Waals surface area contributed by atoms with Crippen molar-refractivity contribution in [3.8, 4) is 0 Å². The van der Waals surface area contributed by atoms with Crippen LogP contribution < -0.4 is 22.1 Å². The fourth-order valence-electron chi connectivity index (χ4n) is 0.857. The molecule has 0 radical (unpaired) electrons. The molecule has 86 valence electrons. The number of nitrogens with one attached hydrogen (secondary N) is 2. The first kappa shape index (κ1) is 13.2. The van der Waals surface area contributed by atoms with Gasteiger partial charge in [0.15, 0.2) is 6.29 Å². The molecule has 0 aliphatic rings. The first-order chi connectivity index (χ1) is 7.08. The zero-order chi connectivity index (χ0) is 11.8. The normalized spacial score (nSPS) is 11.4. The maximum Gasteiger partial charge on any atom is 0.322 e. The number of amides is 2. The van der Waals surface area contributed by atoms with Crippen molar-refractivity contribution in [3.63, 3.8) is 0 Å². The Morgan fingerprint density at radius 3 is 2.53 bits per heavy atom. The van der Waals surface area contributed by atoms with E-state index in [0.29, 0.717) is 19.4 Å². The van der Waals surface area contributed by atoms with Crippen molar-refractivity contribution in [2.45, 2.75) is 0 Å². The molecular weight excluding hydrogens is 198 g/mol. The standard InChI is InChI=1S/C8H17N5O2/c1-11-8(15)13(2)7(10)6(5-14)12-4-3-9/h5,12H,3-4,9-10H2,1-2H3,(H,11,15)/b7-6+. The maximum atomic E-state index is 11.2. The number of rotatable bonds is 5. The molecule has 0 atom stereocenters. The van der Waals surface area contributed by atoms with Crippen molar-refractivity contribution in [3.05, 3.63) is 11.5 Å². The van der Waals surface area contributed by atoms with Crippen LogP contribution in [0.2, 0.25) is 0 Å². The van der Waals surface area contributed by atoms with Crippen LogP contribution in [0.4, 0.5) is 4.79 Å². The number of carbonyl (C=O) groups is 2. The highest BCUT2D eigenvalue weighted by molar-refractivity contribution is 5.79. The van der Waals surface area contributed by atoms with E-state index in [2.05, 4.69) is 10.6 Å². The van der Waals surface area contributed by atoms with E-state index in [1.165, 1.54) is 14.1 Å². The zero-order valence-corrected chi connectivity index (χ0v) is 8.91. The summed E-state index contributed by atoms with van der Waals surface area (Å²) in [7, 11) is 2.93. The van der Waals surface area contributed by atoms with E-state index in [0.717, 1.165) is 4.90 Å². The minimum Gasteiger partial charge on any atom is -0.383 e. The van der Waals surface area contributed by atoms with Gasteiger partial charge in [0.2, 0.25) is 0 Å². The van der Waals surface area contributed by atoms with Crippen molar-refractivity contribution in [1.29, 1.82) is 0 Å². The fourth-order valence-corrected chi connectivity index (χ4v) is 0.857. The summed E-state index contributed by atoms with van der Waals surface area (Å²) in [6.07, 6.45) is 0.546. The Bertz CT molecular complexity index is 264. The SMILES string of the molecule is CNC(=O)N(C)/C(N)=C(\C=O)NCCN. The molecule has 0 saturated heterocycles. The summed E-state index contributed by atoms with van der Waals surface area (Å²) in [6, 6.07) is -0.401. The van der Waals surface area contributed by atoms with Crippen LogP contribution in [-0.2, 0) is 4.79 Å². The third-order valence-corrected chi connectivity index (χ3v) is 1.73. The lowest BCUT2D eigenvalue weighted by Gasteiger charge is -2.18. The lowest BCUT2D eigenvalue weighted by Crippen LogP contribution is -2.40. The highest BCUT2D eigenvalue weighted by atomic mass is 16.2. The van der Waals surface area contributed by atoms with E-state index >= 15 is 0 Å². The largest absolute Gasteiger partial charge is 0.383 e. The average Bonchev–Trinajstić information content (AvgIpc) is 2.27. The Hall–Kier alpha value is -1.76. The van der Waals surface area contributed by atoms with Crippen molar-refractivity contribution < 1.29 is 9.59 Å². The number of nitrogens with two attached hydrogens (primary N) is 2. The molecule has 15 heavy (non-hydrogen) atoms. The second-order valence-electron chi connectivity index (χ2n) is 2.75. The van der Waals surface area contributed by atoms with Crippen molar-refractivity contribution in [2.24, 2.45) is 11.5 Å². The van der Waals surface area contributed by atoms with Gasteiger partial charge in [0.1, 0.15) is 11.5 Å². The Balaban J connectivity index is 4.69. The molecule has 0 fully saturated rings. The van der Waals surface area contributed by atoms with Gasteiger partial charge in [-0.1, -0.05) is 0 Å². The molecule has 7 nitrogen and oxygen atoms in total. The van der Waals surface area contributed by atoms with Gasteiger partial charge in [-0.25, -0.2) is 4.79 Å². The molecule has 0 heterocycles. The molecule has 0 saturated carbocycles. The third-order valence-electron chi connectivity index (χ3n) is 1.73. The molecular formula is C8H17N5O2.